The second-order valence-electron chi connectivity index (χ2n) is 14.0. The quantitative estimate of drug-likeness (QED) is 0.137. The number of amides is 1. The number of allylic oxidation sites excluding steroid dienone is 7. The first kappa shape index (κ1) is 35.9. The number of carbonyl (C=O) groups is 1. The van der Waals surface area contributed by atoms with E-state index < -0.39 is 42.9 Å². The topological polar surface area (TPSA) is 185 Å². The summed E-state index contributed by atoms with van der Waals surface area (Å²) in [5.74, 6) is -1.07. The Hall–Kier alpha value is -3.92. The lowest BCUT2D eigenvalue weighted by Gasteiger charge is -2.28. The Labute approximate surface area is 292 Å². The second kappa shape index (κ2) is 12.7. The van der Waals surface area contributed by atoms with Crippen LogP contribution in [-0.2, 0) is 35.9 Å². The summed E-state index contributed by atoms with van der Waals surface area (Å²) in [6.45, 7) is 7.15. The highest BCUT2D eigenvalue weighted by Crippen LogP contribution is 2.56. The Kier molecular flexibility index (Phi) is 9.11. The SMILES string of the molecule is CC(=O)NC(C=CC1=C2N(CC(O)CS(=O)(=O)O)c3ccc(C)cc3C2(C)CC1)=CC=C1CCC2(C)C1=[N+](CO)c1ccc(S(=O)(=O)O)cc12. The molecule has 0 radical (unpaired) electrons. The number of nitrogens with one attached hydrogen (secondary N) is 1. The monoisotopic (exact) mass is 724 g/mol. The average molecular weight is 725 g/mol. The van der Waals surface area contributed by atoms with Crippen LogP contribution >= 0.6 is 0 Å². The van der Waals surface area contributed by atoms with Crippen LogP contribution in [0, 0.1) is 6.92 Å². The Morgan fingerprint density at radius 2 is 1.76 bits per heavy atom. The fourth-order valence-corrected chi connectivity index (χ4v) is 9.33. The van der Waals surface area contributed by atoms with E-state index in [9.17, 15) is 40.9 Å². The summed E-state index contributed by atoms with van der Waals surface area (Å²) >= 11 is 0. The molecule has 1 amide bonds. The number of benzene rings is 2. The summed E-state index contributed by atoms with van der Waals surface area (Å²) in [6, 6.07) is 10.4. The molecule has 0 bridgehead atoms. The number of hydrogen-bond donors (Lipinski definition) is 5. The highest BCUT2D eigenvalue weighted by molar-refractivity contribution is 7.86. The van der Waals surface area contributed by atoms with Gasteiger partial charge >= 0.3 is 0 Å². The number of aliphatic hydroxyl groups excluding tert-OH is 2. The zero-order valence-electron chi connectivity index (χ0n) is 28.3. The lowest BCUT2D eigenvalue weighted by molar-refractivity contribution is -0.482. The van der Waals surface area contributed by atoms with Gasteiger partial charge in [-0.25, -0.2) is 0 Å². The van der Waals surface area contributed by atoms with Crippen LogP contribution in [0.2, 0.25) is 0 Å². The van der Waals surface area contributed by atoms with Crippen LogP contribution in [0.1, 0.15) is 63.1 Å². The summed E-state index contributed by atoms with van der Waals surface area (Å²) in [5.41, 5.74) is 7.48. The zero-order chi connectivity index (χ0) is 36.4. The van der Waals surface area contributed by atoms with Gasteiger partial charge in [-0.3, -0.25) is 13.9 Å². The van der Waals surface area contributed by atoms with Gasteiger partial charge in [0.25, 0.3) is 27.0 Å². The molecule has 2 aromatic carbocycles. The number of hydrogen-bond acceptors (Lipinski definition) is 8. The standard InChI is InChI=1S/C36H41N3O9S2/c1-22-5-11-31-29(17-22)35(3)15-13-24(33(35)38(31)19-27(42)20-49(43,44)45)6-8-26(37-23(2)41)9-7-25-14-16-36(4)30-18-28(50(46,47)48)10-12-32(30)39(21-40)34(25)36/h5-12,17-18,27,40,42H,13-16,19-21H2,1-4H3,(H2,43,44,45,46,47,48)/p+1. The van der Waals surface area contributed by atoms with Crippen molar-refractivity contribution in [1.82, 2.24) is 5.32 Å². The molecule has 2 heterocycles. The van der Waals surface area contributed by atoms with Crippen LogP contribution in [0.4, 0.5) is 11.4 Å². The molecule has 2 aliphatic carbocycles. The molecule has 0 aromatic heterocycles. The normalized spacial score (nSPS) is 24.7. The van der Waals surface area contributed by atoms with E-state index in [1.807, 2.05) is 43.0 Å². The highest BCUT2D eigenvalue weighted by Gasteiger charge is 2.54. The molecule has 1 saturated carbocycles. The van der Waals surface area contributed by atoms with Gasteiger partial charge < -0.3 is 20.4 Å². The molecule has 50 heavy (non-hydrogen) atoms. The minimum absolute atomic E-state index is 0.0363. The van der Waals surface area contributed by atoms with Gasteiger partial charge in [0, 0.05) is 53.2 Å². The van der Waals surface area contributed by atoms with Crippen molar-refractivity contribution in [1.29, 1.82) is 0 Å². The van der Waals surface area contributed by atoms with Crippen LogP contribution in [0.5, 0.6) is 0 Å². The van der Waals surface area contributed by atoms with E-state index in [0.29, 0.717) is 36.2 Å². The number of fused-ring (bicyclic) bond motifs is 6. The Balaban J connectivity index is 1.37. The largest absolute Gasteiger partial charge is 0.390 e. The highest BCUT2D eigenvalue weighted by atomic mass is 32.2. The molecule has 6 rings (SSSR count). The van der Waals surface area contributed by atoms with Crippen LogP contribution in [0.25, 0.3) is 0 Å². The summed E-state index contributed by atoms with van der Waals surface area (Å²) in [4.78, 5) is 14.0. The van der Waals surface area contributed by atoms with E-state index >= 15 is 0 Å². The minimum Gasteiger partial charge on any atom is -0.390 e. The fraction of sp³-hybridized carbons (Fsp3) is 0.389. The Morgan fingerprint density at radius 1 is 1.04 bits per heavy atom. The third-order valence-corrected chi connectivity index (χ3v) is 12.0. The van der Waals surface area contributed by atoms with Crippen LogP contribution in [0.15, 0.2) is 88.1 Å². The number of β-amino-alcohol motifs (C(OH)–C–C–N with tert-alkyl or cyclic N) is 1. The van der Waals surface area contributed by atoms with E-state index in [1.165, 1.54) is 19.1 Å². The van der Waals surface area contributed by atoms with Gasteiger partial charge in [0.2, 0.25) is 11.6 Å². The summed E-state index contributed by atoms with van der Waals surface area (Å²) in [6.07, 6.45) is 8.80. The molecule has 14 heteroatoms. The summed E-state index contributed by atoms with van der Waals surface area (Å²) in [7, 11) is -8.82. The predicted octanol–water partition coefficient (Wildman–Crippen LogP) is 3.92. The maximum Gasteiger partial charge on any atom is 0.294 e. The number of rotatable bonds is 10. The first-order valence-electron chi connectivity index (χ1n) is 16.4. The predicted molar refractivity (Wildman–Crippen MR) is 189 cm³/mol. The van der Waals surface area contributed by atoms with Crippen molar-refractivity contribution in [3.05, 3.63) is 99.9 Å². The number of aliphatic hydroxyl groups is 2. The molecule has 2 aromatic rings. The second-order valence-corrected chi connectivity index (χ2v) is 16.9. The minimum atomic E-state index is -4.42. The molecular formula is C36H42N3O9S2+. The van der Waals surface area contributed by atoms with Crippen LogP contribution in [0.3, 0.4) is 0 Å². The first-order chi connectivity index (χ1) is 23.4. The van der Waals surface area contributed by atoms with Gasteiger partial charge in [-0.1, -0.05) is 29.8 Å². The van der Waals surface area contributed by atoms with Gasteiger partial charge in [-0.05, 0) is 87.9 Å². The lowest BCUT2D eigenvalue weighted by Crippen LogP contribution is -2.36. The van der Waals surface area contributed by atoms with Gasteiger partial charge in [-0.15, -0.1) is 0 Å². The van der Waals surface area contributed by atoms with Gasteiger partial charge in [0.05, 0.1) is 16.4 Å². The zero-order valence-corrected chi connectivity index (χ0v) is 30.0. The van der Waals surface area contributed by atoms with Crippen molar-refractivity contribution in [2.75, 3.05) is 23.9 Å². The molecule has 12 nitrogen and oxygen atoms in total. The van der Waals surface area contributed by atoms with Crippen molar-refractivity contribution < 1.29 is 45.5 Å². The van der Waals surface area contributed by atoms with Crippen molar-refractivity contribution in [3.63, 3.8) is 0 Å². The maximum atomic E-state index is 12.3. The van der Waals surface area contributed by atoms with Gasteiger partial charge in [0.15, 0.2) is 5.71 Å². The molecule has 2 aliphatic heterocycles. The third kappa shape index (κ3) is 6.40. The molecule has 1 fully saturated rings. The van der Waals surface area contributed by atoms with E-state index in [2.05, 4.69) is 18.3 Å². The maximum absolute atomic E-state index is 12.3. The van der Waals surface area contributed by atoms with Crippen molar-refractivity contribution >= 4 is 43.2 Å². The molecule has 3 unspecified atom stereocenters. The van der Waals surface area contributed by atoms with E-state index in [0.717, 1.165) is 45.8 Å². The molecule has 5 N–H and O–H groups in total. The molecule has 0 saturated heterocycles. The third-order valence-electron chi connectivity index (χ3n) is 10.4. The Morgan fingerprint density at radius 3 is 2.42 bits per heavy atom. The van der Waals surface area contributed by atoms with Crippen molar-refractivity contribution in [2.24, 2.45) is 0 Å². The summed E-state index contributed by atoms with van der Waals surface area (Å²) in [5, 5.41) is 24.0. The van der Waals surface area contributed by atoms with E-state index in [-0.39, 0.29) is 24.1 Å². The number of carbonyl (C=O) groups excluding carboxylic acids is 1. The number of aryl methyl sites for hydroxylation is 1. The van der Waals surface area contributed by atoms with Crippen LogP contribution < -0.4 is 10.2 Å². The Bertz CT molecular complexity index is 2180. The molecule has 0 spiro atoms. The number of nitrogens with zero attached hydrogens (tertiary/aromatic N) is 2. The molecule has 4 aliphatic rings. The van der Waals surface area contributed by atoms with Crippen molar-refractivity contribution in [2.45, 2.75) is 75.2 Å². The van der Waals surface area contributed by atoms with E-state index in [1.54, 1.807) is 22.8 Å². The molecule has 3 atom stereocenters. The van der Waals surface area contributed by atoms with Gasteiger partial charge in [-0.2, -0.15) is 21.4 Å². The first-order valence-corrected chi connectivity index (χ1v) is 19.4. The number of anilines is 1. The fourth-order valence-electron chi connectivity index (χ4n) is 8.23. The smallest absolute Gasteiger partial charge is 0.294 e. The lowest BCUT2D eigenvalue weighted by atomic mass is 9.81. The van der Waals surface area contributed by atoms with Crippen molar-refractivity contribution in [3.8, 4) is 0 Å². The molecule has 266 valence electrons. The van der Waals surface area contributed by atoms with E-state index in [4.69, 9.17) is 0 Å². The summed E-state index contributed by atoms with van der Waals surface area (Å²) < 4.78 is 67.7. The molecular weight excluding hydrogens is 683 g/mol. The average Bonchev–Trinajstić information content (AvgIpc) is 3.67. The van der Waals surface area contributed by atoms with Crippen LogP contribution in [-0.4, -0.2) is 77.5 Å². The van der Waals surface area contributed by atoms with Gasteiger partial charge in [0.1, 0.15) is 5.75 Å².